The smallest absolute Gasteiger partial charge is 0.154 e. The summed E-state index contributed by atoms with van der Waals surface area (Å²) < 4.78 is 0. The summed E-state index contributed by atoms with van der Waals surface area (Å²) in [6, 6.07) is 0. The standard InChI is InChI=1S/C9H9N3S2/c10-7-6(5-1-2-5)14-9(12-7)8-11-3-4-13-8/h3-5H,1-2,10H2. The first kappa shape index (κ1) is 8.38. The molecule has 5 heteroatoms. The Bertz CT molecular complexity index is 443. The molecule has 0 amide bonds. The fourth-order valence-electron chi connectivity index (χ4n) is 1.40. The molecule has 0 atom stereocenters. The van der Waals surface area contributed by atoms with Gasteiger partial charge in [0.2, 0.25) is 0 Å². The Morgan fingerprint density at radius 1 is 1.36 bits per heavy atom. The highest BCUT2D eigenvalue weighted by Gasteiger charge is 2.29. The van der Waals surface area contributed by atoms with Crippen molar-refractivity contribution in [1.82, 2.24) is 9.97 Å². The summed E-state index contributed by atoms with van der Waals surface area (Å²) in [5, 5.41) is 3.91. The quantitative estimate of drug-likeness (QED) is 0.851. The van der Waals surface area contributed by atoms with Crippen molar-refractivity contribution in [1.29, 1.82) is 0 Å². The van der Waals surface area contributed by atoms with Crippen molar-refractivity contribution in [2.75, 3.05) is 5.73 Å². The average Bonchev–Trinajstić information content (AvgIpc) is 2.75. The molecule has 0 aliphatic heterocycles. The van der Waals surface area contributed by atoms with Crippen molar-refractivity contribution in [3.63, 3.8) is 0 Å². The summed E-state index contributed by atoms with van der Waals surface area (Å²) in [5.74, 6) is 1.39. The van der Waals surface area contributed by atoms with Gasteiger partial charge in [-0.3, -0.25) is 0 Å². The second kappa shape index (κ2) is 3.03. The van der Waals surface area contributed by atoms with Gasteiger partial charge in [0.25, 0.3) is 0 Å². The van der Waals surface area contributed by atoms with Gasteiger partial charge in [-0.2, -0.15) is 0 Å². The van der Waals surface area contributed by atoms with E-state index in [1.54, 1.807) is 28.9 Å². The zero-order chi connectivity index (χ0) is 9.54. The molecule has 1 saturated carbocycles. The van der Waals surface area contributed by atoms with Gasteiger partial charge < -0.3 is 5.73 Å². The van der Waals surface area contributed by atoms with E-state index in [1.165, 1.54) is 17.7 Å². The maximum Gasteiger partial charge on any atom is 0.154 e. The second-order valence-electron chi connectivity index (χ2n) is 3.38. The van der Waals surface area contributed by atoms with E-state index >= 15 is 0 Å². The van der Waals surface area contributed by atoms with Gasteiger partial charge in [-0.15, -0.1) is 22.7 Å². The number of nitrogen functional groups attached to an aromatic ring is 1. The van der Waals surface area contributed by atoms with Crippen LogP contribution < -0.4 is 5.73 Å². The molecule has 2 aromatic heterocycles. The number of aromatic nitrogens is 2. The van der Waals surface area contributed by atoms with Crippen molar-refractivity contribution in [2.24, 2.45) is 0 Å². The molecule has 0 spiro atoms. The predicted molar refractivity (Wildman–Crippen MR) is 59.6 cm³/mol. The van der Waals surface area contributed by atoms with Crippen LogP contribution in [0.25, 0.3) is 10.0 Å². The van der Waals surface area contributed by atoms with Crippen molar-refractivity contribution in [2.45, 2.75) is 18.8 Å². The average molecular weight is 223 g/mol. The number of hydrogen-bond donors (Lipinski definition) is 1. The highest BCUT2D eigenvalue weighted by molar-refractivity contribution is 7.21. The van der Waals surface area contributed by atoms with Gasteiger partial charge in [0.05, 0.1) is 4.88 Å². The van der Waals surface area contributed by atoms with Crippen LogP contribution in [0.4, 0.5) is 5.82 Å². The van der Waals surface area contributed by atoms with E-state index in [1.807, 2.05) is 5.38 Å². The van der Waals surface area contributed by atoms with Crippen LogP contribution in [0.5, 0.6) is 0 Å². The first-order valence-electron chi connectivity index (χ1n) is 4.50. The molecular formula is C9H9N3S2. The molecule has 3 nitrogen and oxygen atoms in total. The third kappa shape index (κ3) is 1.33. The van der Waals surface area contributed by atoms with Crippen molar-refractivity contribution in [3.8, 4) is 10.0 Å². The molecule has 2 N–H and O–H groups in total. The first-order chi connectivity index (χ1) is 6.84. The van der Waals surface area contributed by atoms with Gasteiger partial charge in [0.1, 0.15) is 5.82 Å². The van der Waals surface area contributed by atoms with E-state index < -0.39 is 0 Å². The largest absolute Gasteiger partial charge is 0.383 e. The summed E-state index contributed by atoms with van der Waals surface area (Å²) in [4.78, 5) is 9.85. The van der Waals surface area contributed by atoms with E-state index in [0.717, 1.165) is 10.0 Å². The molecule has 0 radical (unpaired) electrons. The summed E-state index contributed by atoms with van der Waals surface area (Å²) in [7, 11) is 0. The van der Waals surface area contributed by atoms with Crippen LogP contribution >= 0.6 is 22.7 Å². The van der Waals surface area contributed by atoms with Gasteiger partial charge in [-0.25, -0.2) is 9.97 Å². The van der Waals surface area contributed by atoms with E-state index in [-0.39, 0.29) is 0 Å². The molecule has 1 fully saturated rings. The Hall–Kier alpha value is -0.940. The molecule has 0 unspecified atom stereocenters. The van der Waals surface area contributed by atoms with Crippen LogP contribution in [-0.2, 0) is 0 Å². The van der Waals surface area contributed by atoms with Crippen LogP contribution in [0.2, 0.25) is 0 Å². The zero-order valence-corrected chi connectivity index (χ0v) is 9.07. The molecule has 2 heterocycles. The number of anilines is 1. The van der Waals surface area contributed by atoms with Gasteiger partial charge in [-0.05, 0) is 18.8 Å². The fraction of sp³-hybridized carbons (Fsp3) is 0.333. The highest BCUT2D eigenvalue weighted by Crippen LogP contribution is 2.47. The molecule has 1 aliphatic rings. The molecule has 3 rings (SSSR count). The minimum atomic E-state index is 0.682. The van der Waals surface area contributed by atoms with E-state index in [4.69, 9.17) is 5.73 Å². The second-order valence-corrected chi connectivity index (χ2v) is 5.31. The summed E-state index contributed by atoms with van der Waals surface area (Å²) in [6.45, 7) is 0. The minimum absolute atomic E-state index is 0.682. The Morgan fingerprint density at radius 2 is 2.21 bits per heavy atom. The van der Waals surface area contributed by atoms with E-state index in [0.29, 0.717) is 11.7 Å². The lowest BCUT2D eigenvalue weighted by Crippen LogP contribution is -1.88. The Balaban J connectivity index is 2.03. The maximum absolute atomic E-state index is 5.86. The summed E-state index contributed by atoms with van der Waals surface area (Å²) in [5.41, 5.74) is 5.86. The molecule has 2 aromatic rings. The van der Waals surface area contributed by atoms with Crippen LogP contribution in [0.15, 0.2) is 11.6 Å². The number of rotatable bonds is 2. The van der Waals surface area contributed by atoms with Gasteiger partial charge in [0, 0.05) is 11.6 Å². The van der Waals surface area contributed by atoms with Crippen molar-refractivity contribution >= 4 is 28.5 Å². The van der Waals surface area contributed by atoms with Gasteiger partial charge in [0.15, 0.2) is 10.0 Å². The SMILES string of the molecule is Nc1nc(-c2nccs2)sc1C1CC1. The lowest BCUT2D eigenvalue weighted by Gasteiger charge is -1.88. The molecule has 0 saturated heterocycles. The molecule has 14 heavy (non-hydrogen) atoms. The molecule has 0 aromatic carbocycles. The predicted octanol–water partition coefficient (Wildman–Crippen LogP) is 2.73. The van der Waals surface area contributed by atoms with Gasteiger partial charge >= 0.3 is 0 Å². The minimum Gasteiger partial charge on any atom is -0.383 e. The zero-order valence-electron chi connectivity index (χ0n) is 7.43. The summed E-state index contributed by atoms with van der Waals surface area (Å²) >= 11 is 3.31. The Labute approximate surface area is 89.6 Å². The third-order valence-corrected chi connectivity index (χ3v) is 4.39. The number of thiazole rings is 2. The topological polar surface area (TPSA) is 51.8 Å². The lowest BCUT2D eigenvalue weighted by atomic mass is 10.3. The number of nitrogens with zero attached hydrogens (tertiary/aromatic N) is 2. The number of hydrogen-bond acceptors (Lipinski definition) is 5. The molecular weight excluding hydrogens is 214 g/mol. The third-order valence-electron chi connectivity index (χ3n) is 2.24. The fourth-order valence-corrected chi connectivity index (χ4v) is 3.24. The van der Waals surface area contributed by atoms with Crippen molar-refractivity contribution in [3.05, 3.63) is 16.5 Å². The number of nitrogens with two attached hydrogens (primary N) is 1. The van der Waals surface area contributed by atoms with Crippen LogP contribution in [-0.4, -0.2) is 9.97 Å². The highest BCUT2D eigenvalue weighted by atomic mass is 32.1. The lowest BCUT2D eigenvalue weighted by molar-refractivity contribution is 1.17. The first-order valence-corrected chi connectivity index (χ1v) is 6.20. The van der Waals surface area contributed by atoms with Crippen molar-refractivity contribution < 1.29 is 0 Å². The van der Waals surface area contributed by atoms with Crippen LogP contribution in [0, 0.1) is 0 Å². The Kier molecular flexibility index (Phi) is 1.81. The van der Waals surface area contributed by atoms with Crippen LogP contribution in [0.1, 0.15) is 23.6 Å². The van der Waals surface area contributed by atoms with Gasteiger partial charge in [-0.1, -0.05) is 0 Å². The molecule has 72 valence electrons. The van der Waals surface area contributed by atoms with E-state index in [2.05, 4.69) is 9.97 Å². The molecule has 0 bridgehead atoms. The monoisotopic (exact) mass is 223 g/mol. The van der Waals surface area contributed by atoms with Crippen LogP contribution in [0.3, 0.4) is 0 Å². The van der Waals surface area contributed by atoms with E-state index in [9.17, 15) is 0 Å². The Morgan fingerprint density at radius 3 is 2.86 bits per heavy atom. The molecule has 1 aliphatic carbocycles. The normalized spacial score (nSPS) is 16.0. The summed E-state index contributed by atoms with van der Waals surface area (Å²) in [6.07, 6.45) is 4.34. The maximum atomic E-state index is 5.86.